The number of hydrogen-bond donors (Lipinski definition) is 0. The predicted octanol–water partition coefficient (Wildman–Crippen LogP) is 4.77. The van der Waals surface area contributed by atoms with Gasteiger partial charge in [0.1, 0.15) is 5.76 Å². The molecule has 4 aromatic rings. The van der Waals surface area contributed by atoms with Crippen molar-refractivity contribution in [1.82, 2.24) is 4.98 Å². The second kappa shape index (κ2) is 7.58. The lowest BCUT2D eigenvalue weighted by atomic mass is 10.1. The van der Waals surface area contributed by atoms with Gasteiger partial charge in [-0.15, -0.1) is 0 Å². The van der Waals surface area contributed by atoms with Crippen molar-refractivity contribution in [3.05, 3.63) is 83.8 Å². The molecule has 7 heteroatoms. The Hall–Kier alpha value is -3.58. The van der Waals surface area contributed by atoms with Crippen LogP contribution in [0.4, 0.5) is 5.13 Å². The highest BCUT2D eigenvalue weighted by molar-refractivity contribution is 7.22. The molecule has 0 aliphatic rings. The summed E-state index contributed by atoms with van der Waals surface area (Å²) in [6, 6.07) is 17.6. The van der Waals surface area contributed by atoms with Crippen molar-refractivity contribution >= 4 is 44.6 Å². The molecule has 0 aliphatic heterocycles. The van der Waals surface area contributed by atoms with E-state index in [2.05, 4.69) is 10.1 Å². The molecular formula is C21H15N3O3S. The first-order chi connectivity index (χ1) is 13.6. The van der Waals surface area contributed by atoms with Crippen molar-refractivity contribution < 1.29 is 14.0 Å². The van der Waals surface area contributed by atoms with Gasteiger partial charge in [-0.3, -0.25) is 9.59 Å². The number of nitrogens with zero attached hydrogens (tertiary/aromatic N) is 3. The molecule has 6 nitrogen and oxygen atoms in total. The zero-order chi connectivity index (χ0) is 19.5. The van der Waals surface area contributed by atoms with Gasteiger partial charge >= 0.3 is 0 Å². The van der Waals surface area contributed by atoms with E-state index in [-0.39, 0.29) is 11.7 Å². The number of amides is 1. The van der Waals surface area contributed by atoms with Crippen LogP contribution < -0.4 is 5.01 Å². The summed E-state index contributed by atoms with van der Waals surface area (Å²) in [5.41, 5.74) is 1.74. The molecule has 2 aromatic carbocycles. The summed E-state index contributed by atoms with van der Waals surface area (Å²) in [7, 11) is 0. The first-order valence-electron chi connectivity index (χ1n) is 8.50. The molecule has 0 bridgehead atoms. The number of carbonyl (C=O) groups is 2. The molecule has 0 N–H and O–H groups in total. The van der Waals surface area contributed by atoms with Crippen LogP contribution in [0.2, 0.25) is 0 Å². The minimum Gasteiger partial charge on any atom is -0.463 e. The molecule has 0 fully saturated rings. The number of aromatic nitrogens is 1. The zero-order valence-electron chi connectivity index (χ0n) is 14.9. The van der Waals surface area contributed by atoms with Gasteiger partial charge in [0.2, 0.25) is 5.13 Å². The molecule has 28 heavy (non-hydrogen) atoms. The zero-order valence-corrected chi connectivity index (χ0v) is 15.7. The standard InChI is InChI=1S/C21H15N3O3S/c1-14(25)15-8-10-16(11-9-15)20(26)24(22-13-17-5-4-12-27-17)21-23-18-6-2-3-7-19(18)28-21/h2-13H,1H3/b22-13-. The number of furan rings is 1. The number of fused-ring (bicyclic) bond motifs is 1. The van der Waals surface area contributed by atoms with E-state index >= 15 is 0 Å². The first-order valence-corrected chi connectivity index (χ1v) is 9.32. The topological polar surface area (TPSA) is 75.8 Å². The SMILES string of the molecule is CC(=O)c1ccc(C(=O)N(/N=C\c2ccco2)c2nc3ccccc3s2)cc1. The monoisotopic (exact) mass is 389 g/mol. The Morgan fingerprint density at radius 3 is 2.46 bits per heavy atom. The number of anilines is 1. The number of hydrazone groups is 1. The average Bonchev–Trinajstić information content (AvgIpc) is 3.37. The Balaban J connectivity index is 1.73. The smallest absolute Gasteiger partial charge is 0.280 e. The van der Waals surface area contributed by atoms with Gasteiger partial charge in [0.25, 0.3) is 5.91 Å². The maximum absolute atomic E-state index is 13.1. The fourth-order valence-electron chi connectivity index (χ4n) is 2.59. The van der Waals surface area contributed by atoms with Gasteiger partial charge in [0.05, 0.1) is 22.7 Å². The van der Waals surface area contributed by atoms with Crippen LogP contribution in [0.25, 0.3) is 10.2 Å². The number of Topliss-reactive ketones (excluding diaryl/α,β-unsaturated/α-hetero) is 1. The van der Waals surface area contributed by atoms with Crippen LogP contribution in [-0.4, -0.2) is 22.9 Å². The van der Waals surface area contributed by atoms with Crippen molar-refractivity contribution in [2.45, 2.75) is 6.92 Å². The normalized spacial score (nSPS) is 11.2. The van der Waals surface area contributed by atoms with Crippen LogP contribution in [0.3, 0.4) is 0 Å². The Morgan fingerprint density at radius 2 is 1.79 bits per heavy atom. The average molecular weight is 389 g/mol. The van der Waals surface area contributed by atoms with Gasteiger partial charge in [-0.1, -0.05) is 35.6 Å². The van der Waals surface area contributed by atoms with E-state index in [1.54, 1.807) is 36.4 Å². The quantitative estimate of drug-likeness (QED) is 0.280. The summed E-state index contributed by atoms with van der Waals surface area (Å²) < 4.78 is 6.22. The molecule has 0 aliphatic carbocycles. The number of benzene rings is 2. The van der Waals surface area contributed by atoms with Gasteiger partial charge in [-0.25, -0.2) is 4.98 Å². The van der Waals surface area contributed by atoms with Gasteiger partial charge in [0, 0.05) is 11.1 Å². The summed E-state index contributed by atoms with van der Waals surface area (Å²) in [6.45, 7) is 1.48. The Labute approximate surface area is 164 Å². The lowest BCUT2D eigenvalue weighted by Gasteiger charge is -2.13. The Morgan fingerprint density at radius 1 is 1.04 bits per heavy atom. The lowest BCUT2D eigenvalue weighted by molar-refractivity contribution is 0.0983. The Kier molecular flexibility index (Phi) is 4.82. The van der Waals surface area contributed by atoms with Gasteiger partial charge < -0.3 is 4.42 Å². The fourth-order valence-corrected chi connectivity index (χ4v) is 3.51. The third-order valence-electron chi connectivity index (χ3n) is 4.04. The molecule has 4 rings (SSSR count). The predicted molar refractivity (Wildman–Crippen MR) is 109 cm³/mol. The van der Waals surface area contributed by atoms with Crippen LogP contribution in [0, 0.1) is 0 Å². The van der Waals surface area contributed by atoms with Crippen LogP contribution in [-0.2, 0) is 0 Å². The van der Waals surface area contributed by atoms with E-state index in [1.165, 1.54) is 35.7 Å². The van der Waals surface area contributed by atoms with Crippen molar-refractivity contribution in [2.75, 3.05) is 5.01 Å². The van der Waals surface area contributed by atoms with E-state index < -0.39 is 0 Å². The van der Waals surface area contributed by atoms with Crippen molar-refractivity contribution in [1.29, 1.82) is 0 Å². The molecule has 0 unspecified atom stereocenters. The molecule has 0 radical (unpaired) electrons. The molecule has 2 heterocycles. The fraction of sp³-hybridized carbons (Fsp3) is 0.0476. The van der Waals surface area contributed by atoms with E-state index in [9.17, 15) is 9.59 Å². The summed E-state index contributed by atoms with van der Waals surface area (Å²) >= 11 is 1.37. The number of thiazole rings is 1. The lowest BCUT2D eigenvalue weighted by Crippen LogP contribution is -2.25. The van der Waals surface area contributed by atoms with Gasteiger partial charge in [0.15, 0.2) is 5.78 Å². The largest absolute Gasteiger partial charge is 0.463 e. The summed E-state index contributed by atoms with van der Waals surface area (Å²) in [6.07, 6.45) is 3.00. The number of para-hydroxylation sites is 1. The number of ketones is 1. The molecule has 0 spiro atoms. The van der Waals surface area contributed by atoms with E-state index in [4.69, 9.17) is 4.42 Å². The molecule has 2 aromatic heterocycles. The van der Waals surface area contributed by atoms with Crippen molar-refractivity contribution in [2.24, 2.45) is 5.10 Å². The highest BCUT2D eigenvalue weighted by atomic mass is 32.1. The van der Waals surface area contributed by atoms with Gasteiger partial charge in [-0.2, -0.15) is 10.1 Å². The van der Waals surface area contributed by atoms with Crippen molar-refractivity contribution in [3.8, 4) is 0 Å². The van der Waals surface area contributed by atoms with Crippen LogP contribution >= 0.6 is 11.3 Å². The second-order valence-corrected chi connectivity index (χ2v) is 6.98. The highest BCUT2D eigenvalue weighted by Crippen LogP contribution is 2.30. The van der Waals surface area contributed by atoms with Crippen LogP contribution in [0.5, 0.6) is 0 Å². The van der Waals surface area contributed by atoms with E-state index in [1.807, 2.05) is 24.3 Å². The summed E-state index contributed by atoms with van der Waals surface area (Å²) in [4.78, 5) is 29.1. The maximum Gasteiger partial charge on any atom is 0.280 e. The highest BCUT2D eigenvalue weighted by Gasteiger charge is 2.21. The number of carbonyl (C=O) groups excluding carboxylic acids is 2. The molecular weight excluding hydrogens is 374 g/mol. The Bertz CT molecular complexity index is 1130. The first kappa shape index (κ1) is 17.8. The van der Waals surface area contributed by atoms with E-state index in [0.29, 0.717) is 22.0 Å². The molecule has 0 atom stereocenters. The van der Waals surface area contributed by atoms with Crippen LogP contribution in [0.1, 0.15) is 33.4 Å². The van der Waals surface area contributed by atoms with Gasteiger partial charge in [-0.05, 0) is 43.3 Å². The molecule has 0 saturated heterocycles. The maximum atomic E-state index is 13.1. The minimum atomic E-state index is -0.350. The third-order valence-corrected chi connectivity index (χ3v) is 5.05. The molecule has 1 amide bonds. The number of hydrogen-bond acceptors (Lipinski definition) is 6. The molecule has 0 saturated carbocycles. The summed E-state index contributed by atoms with van der Waals surface area (Å²) in [5, 5.41) is 6.01. The second-order valence-electron chi connectivity index (χ2n) is 5.97. The number of rotatable bonds is 5. The molecule has 138 valence electrons. The van der Waals surface area contributed by atoms with Crippen LogP contribution in [0.15, 0.2) is 76.4 Å². The summed E-state index contributed by atoms with van der Waals surface area (Å²) in [5.74, 6) is 0.112. The van der Waals surface area contributed by atoms with Crippen molar-refractivity contribution in [3.63, 3.8) is 0 Å². The third kappa shape index (κ3) is 3.60. The minimum absolute atomic E-state index is 0.0575. The van der Waals surface area contributed by atoms with E-state index in [0.717, 1.165) is 10.2 Å².